The van der Waals surface area contributed by atoms with Crippen molar-refractivity contribution in [2.75, 3.05) is 26.3 Å². The van der Waals surface area contributed by atoms with Gasteiger partial charge < -0.3 is 14.7 Å². The van der Waals surface area contributed by atoms with E-state index in [4.69, 9.17) is 9.84 Å². The summed E-state index contributed by atoms with van der Waals surface area (Å²) in [5.41, 5.74) is 0.588. The third-order valence-corrected chi connectivity index (χ3v) is 5.65. The molecule has 0 saturated carbocycles. The monoisotopic (exact) mass is 345 g/mol. The minimum absolute atomic E-state index is 0.185. The van der Waals surface area contributed by atoms with Crippen LogP contribution in [0.15, 0.2) is 30.3 Å². The highest BCUT2D eigenvalue weighted by Gasteiger charge is 2.44. The minimum Gasteiger partial charge on any atom is -0.481 e. The average molecular weight is 345 g/mol. The second kappa shape index (κ2) is 8.00. The Bertz CT molecular complexity index is 595. The van der Waals surface area contributed by atoms with Gasteiger partial charge in [0.25, 0.3) is 0 Å². The maximum atomic E-state index is 13.5. The standard InChI is InChI=1S/C20H27NO4/c22-18(23)9-8-16-5-4-12-21(15-16)19(24)20(10-13-25-14-11-20)17-6-2-1-3-7-17/h1-3,6-7,16H,4-5,8-15H2,(H,22,23)/t16-/m0/s1. The molecule has 0 unspecified atom stereocenters. The Morgan fingerprint density at radius 1 is 1.20 bits per heavy atom. The third-order valence-electron chi connectivity index (χ3n) is 5.65. The molecule has 2 saturated heterocycles. The highest BCUT2D eigenvalue weighted by atomic mass is 16.5. The molecule has 0 spiro atoms. The molecule has 2 fully saturated rings. The number of carboxylic acids is 1. The molecule has 1 aromatic rings. The predicted octanol–water partition coefficient (Wildman–Crippen LogP) is 2.84. The van der Waals surface area contributed by atoms with Crippen LogP contribution >= 0.6 is 0 Å². The van der Waals surface area contributed by atoms with E-state index in [2.05, 4.69) is 12.1 Å². The van der Waals surface area contributed by atoms with E-state index in [0.717, 1.165) is 24.9 Å². The van der Waals surface area contributed by atoms with E-state index in [1.54, 1.807) is 0 Å². The van der Waals surface area contributed by atoms with Crippen LogP contribution in [0.25, 0.3) is 0 Å². The molecule has 1 amide bonds. The predicted molar refractivity (Wildman–Crippen MR) is 94.3 cm³/mol. The number of ether oxygens (including phenoxy) is 1. The van der Waals surface area contributed by atoms with E-state index < -0.39 is 11.4 Å². The van der Waals surface area contributed by atoms with Crippen molar-refractivity contribution in [2.45, 2.75) is 43.9 Å². The zero-order valence-corrected chi connectivity index (χ0v) is 14.7. The maximum Gasteiger partial charge on any atom is 0.303 e. The first-order valence-corrected chi connectivity index (χ1v) is 9.26. The topological polar surface area (TPSA) is 66.8 Å². The van der Waals surface area contributed by atoms with Gasteiger partial charge in [0.2, 0.25) is 5.91 Å². The molecule has 5 heteroatoms. The molecule has 3 rings (SSSR count). The van der Waals surface area contributed by atoms with E-state index >= 15 is 0 Å². The van der Waals surface area contributed by atoms with Crippen LogP contribution in [-0.4, -0.2) is 48.2 Å². The van der Waals surface area contributed by atoms with Crippen LogP contribution in [-0.2, 0) is 19.7 Å². The third kappa shape index (κ3) is 4.03. The van der Waals surface area contributed by atoms with Crippen molar-refractivity contribution in [1.29, 1.82) is 0 Å². The number of aliphatic carboxylic acids is 1. The van der Waals surface area contributed by atoms with Gasteiger partial charge in [-0.05, 0) is 43.6 Å². The second-order valence-corrected chi connectivity index (χ2v) is 7.25. The molecule has 0 aliphatic carbocycles. The normalized spacial score (nSPS) is 23.2. The summed E-state index contributed by atoms with van der Waals surface area (Å²) < 4.78 is 5.53. The van der Waals surface area contributed by atoms with Crippen molar-refractivity contribution in [1.82, 2.24) is 4.90 Å². The smallest absolute Gasteiger partial charge is 0.303 e. The number of carbonyl (C=O) groups is 2. The van der Waals surface area contributed by atoms with Crippen molar-refractivity contribution < 1.29 is 19.4 Å². The van der Waals surface area contributed by atoms with Gasteiger partial charge >= 0.3 is 5.97 Å². The summed E-state index contributed by atoms with van der Waals surface area (Å²) >= 11 is 0. The molecule has 2 aliphatic heterocycles. The molecule has 2 heterocycles. The summed E-state index contributed by atoms with van der Waals surface area (Å²) in [4.78, 5) is 26.3. The highest BCUT2D eigenvalue weighted by Crippen LogP contribution is 2.38. The van der Waals surface area contributed by atoms with Gasteiger partial charge in [-0.1, -0.05) is 30.3 Å². The molecule has 2 aliphatic rings. The van der Waals surface area contributed by atoms with Crippen molar-refractivity contribution >= 4 is 11.9 Å². The van der Waals surface area contributed by atoms with Crippen LogP contribution < -0.4 is 0 Å². The Hall–Kier alpha value is -1.88. The van der Waals surface area contributed by atoms with Crippen LogP contribution in [0.3, 0.4) is 0 Å². The van der Waals surface area contributed by atoms with Crippen molar-refractivity contribution in [3.63, 3.8) is 0 Å². The van der Waals surface area contributed by atoms with E-state index in [1.807, 2.05) is 23.1 Å². The fraction of sp³-hybridized carbons (Fsp3) is 0.600. The first-order chi connectivity index (χ1) is 12.1. The van der Waals surface area contributed by atoms with Crippen LogP contribution in [0.2, 0.25) is 0 Å². The lowest BCUT2D eigenvalue weighted by Gasteiger charge is -2.42. The number of rotatable bonds is 5. The van der Waals surface area contributed by atoms with Crippen molar-refractivity contribution in [2.24, 2.45) is 5.92 Å². The summed E-state index contributed by atoms with van der Waals surface area (Å²) in [5.74, 6) is -0.267. The van der Waals surface area contributed by atoms with Gasteiger partial charge in [0, 0.05) is 32.7 Å². The van der Waals surface area contributed by atoms with Gasteiger partial charge in [0.1, 0.15) is 0 Å². The average Bonchev–Trinajstić information content (AvgIpc) is 2.67. The molecule has 0 aromatic heterocycles. The SMILES string of the molecule is O=C(O)CC[C@@H]1CCCN(C(=O)C2(c3ccccc3)CCOCC2)C1. The molecule has 0 radical (unpaired) electrons. The Morgan fingerprint density at radius 3 is 2.60 bits per heavy atom. The number of carbonyl (C=O) groups excluding carboxylic acids is 1. The van der Waals surface area contributed by atoms with E-state index in [0.29, 0.717) is 44.9 Å². The number of carboxylic acid groups (broad SMARTS) is 1. The van der Waals surface area contributed by atoms with Gasteiger partial charge in [-0.15, -0.1) is 0 Å². The van der Waals surface area contributed by atoms with Crippen molar-refractivity contribution in [3.05, 3.63) is 35.9 Å². The molecule has 5 nitrogen and oxygen atoms in total. The van der Waals surface area contributed by atoms with Crippen LogP contribution in [0.1, 0.15) is 44.1 Å². The van der Waals surface area contributed by atoms with Gasteiger partial charge in [-0.25, -0.2) is 0 Å². The van der Waals surface area contributed by atoms with E-state index in [1.165, 1.54) is 0 Å². The molecule has 1 atom stereocenters. The molecule has 136 valence electrons. The fourth-order valence-corrected chi connectivity index (χ4v) is 4.22. The largest absolute Gasteiger partial charge is 0.481 e. The lowest BCUT2D eigenvalue weighted by atomic mass is 9.72. The number of hydrogen-bond donors (Lipinski definition) is 1. The highest BCUT2D eigenvalue weighted by molar-refractivity contribution is 5.88. The van der Waals surface area contributed by atoms with E-state index in [-0.39, 0.29) is 12.3 Å². The summed E-state index contributed by atoms with van der Waals surface area (Å²) in [6.07, 6.45) is 4.24. The Morgan fingerprint density at radius 2 is 1.92 bits per heavy atom. The van der Waals surface area contributed by atoms with Gasteiger partial charge in [-0.3, -0.25) is 9.59 Å². The number of benzene rings is 1. The maximum absolute atomic E-state index is 13.5. The van der Waals surface area contributed by atoms with Gasteiger partial charge in [0.15, 0.2) is 0 Å². The molecule has 25 heavy (non-hydrogen) atoms. The molecular weight excluding hydrogens is 318 g/mol. The summed E-state index contributed by atoms with van der Waals surface area (Å²) in [6, 6.07) is 10.1. The first-order valence-electron chi connectivity index (χ1n) is 9.26. The lowest BCUT2D eigenvalue weighted by Crippen LogP contribution is -2.52. The molecule has 0 bridgehead atoms. The number of amides is 1. The lowest BCUT2D eigenvalue weighted by molar-refractivity contribution is -0.143. The van der Waals surface area contributed by atoms with Crippen LogP contribution in [0, 0.1) is 5.92 Å². The number of hydrogen-bond acceptors (Lipinski definition) is 3. The minimum atomic E-state index is -0.756. The van der Waals surface area contributed by atoms with Gasteiger partial charge in [-0.2, -0.15) is 0 Å². The number of piperidine rings is 1. The van der Waals surface area contributed by atoms with Crippen LogP contribution in [0.4, 0.5) is 0 Å². The molecular formula is C20H27NO4. The quantitative estimate of drug-likeness (QED) is 0.891. The summed E-state index contributed by atoms with van der Waals surface area (Å²) in [7, 11) is 0. The second-order valence-electron chi connectivity index (χ2n) is 7.25. The number of likely N-dealkylation sites (tertiary alicyclic amines) is 1. The fourth-order valence-electron chi connectivity index (χ4n) is 4.22. The molecule has 1 N–H and O–H groups in total. The van der Waals surface area contributed by atoms with Gasteiger partial charge in [0.05, 0.1) is 5.41 Å². The van der Waals surface area contributed by atoms with E-state index in [9.17, 15) is 9.59 Å². The molecule has 1 aromatic carbocycles. The Labute approximate surface area is 149 Å². The summed E-state index contributed by atoms with van der Waals surface area (Å²) in [5, 5.41) is 8.92. The Balaban J connectivity index is 1.77. The number of nitrogens with zero attached hydrogens (tertiary/aromatic N) is 1. The first kappa shape index (κ1) is 17.9. The van der Waals surface area contributed by atoms with Crippen molar-refractivity contribution in [3.8, 4) is 0 Å². The zero-order chi connectivity index (χ0) is 17.7. The zero-order valence-electron chi connectivity index (χ0n) is 14.7. The Kier molecular flexibility index (Phi) is 5.74. The van der Waals surface area contributed by atoms with Crippen LogP contribution in [0.5, 0.6) is 0 Å². The summed E-state index contributed by atoms with van der Waals surface area (Å²) in [6.45, 7) is 2.67.